The lowest BCUT2D eigenvalue weighted by Gasteiger charge is -2.35. The average Bonchev–Trinajstić information content (AvgIpc) is 4.16. The molecule has 0 fully saturated rings. The third-order valence-electron chi connectivity index (χ3n) is 15.5. The highest BCUT2D eigenvalue weighted by Crippen LogP contribution is 2.63. The van der Waals surface area contributed by atoms with E-state index in [1.165, 1.54) is 236 Å². The van der Waals surface area contributed by atoms with E-state index in [0.29, 0.717) is 0 Å². The third kappa shape index (κ3) is 8.47. The molecule has 9 rings (SSSR count). The Morgan fingerprint density at radius 1 is 0.391 bits per heavy atom. The van der Waals surface area contributed by atoms with Crippen LogP contribution in [0.5, 0.6) is 0 Å². The van der Waals surface area contributed by atoms with Crippen molar-refractivity contribution >= 4 is 77.6 Å². The van der Waals surface area contributed by atoms with Crippen molar-refractivity contribution in [2.75, 3.05) is 0 Å². The van der Waals surface area contributed by atoms with E-state index >= 15 is 0 Å². The van der Waals surface area contributed by atoms with E-state index in [2.05, 4.69) is 77.9 Å². The average molecular weight is 929 g/mol. The molecule has 7 aromatic rings. The van der Waals surface area contributed by atoms with Gasteiger partial charge in [0.15, 0.2) is 0 Å². The van der Waals surface area contributed by atoms with Crippen molar-refractivity contribution in [2.45, 2.75) is 206 Å². The highest BCUT2D eigenvalue weighted by atomic mass is 32.1. The van der Waals surface area contributed by atoms with Crippen LogP contribution in [0.25, 0.3) is 64.2 Å². The molecule has 4 heterocycles. The van der Waals surface area contributed by atoms with Crippen molar-refractivity contribution < 1.29 is 0 Å². The van der Waals surface area contributed by atoms with Crippen LogP contribution in [0.3, 0.4) is 0 Å². The van der Waals surface area contributed by atoms with Crippen LogP contribution in [-0.4, -0.2) is 17.5 Å². The van der Waals surface area contributed by atoms with Gasteiger partial charge >= 0.3 is 0 Å². The van der Waals surface area contributed by atoms with Crippen molar-refractivity contribution in [1.29, 1.82) is 0 Å². The molecule has 340 valence electrons. The van der Waals surface area contributed by atoms with Crippen LogP contribution < -0.4 is 0 Å². The first kappa shape index (κ1) is 46.1. The maximum absolute atomic E-state index is 5.33. The number of fused-ring (bicyclic) bond motifs is 11. The minimum absolute atomic E-state index is 0.0490. The Bertz CT molecular complexity index is 2630. The van der Waals surface area contributed by atoms with Gasteiger partial charge in [0.25, 0.3) is 0 Å². The Balaban J connectivity index is 1.29. The number of aryl methyl sites for hydroxylation is 2. The number of thiophene rings is 2. The molecule has 0 atom stereocenters. The SMILES string of the molecule is CCCCCCCC1(CCCCCCC)c2cc3c(cc2-c2c1cc(C)c1nsnc21)C(CCCCCCC)(CCCCCCC)c1cc(-c2cc4sc(C)cc4s2)c2nsnc2c1-3. The zero-order valence-electron chi connectivity index (χ0n) is 39.9. The summed E-state index contributed by atoms with van der Waals surface area (Å²) in [5.41, 5.74) is 18.8. The topological polar surface area (TPSA) is 51.6 Å². The second-order valence-electron chi connectivity index (χ2n) is 19.8. The predicted octanol–water partition coefficient (Wildman–Crippen LogP) is 19.2. The number of hydrogen-bond acceptors (Lipinski definition) is 8. The molecule has 0 N–H and O–H groups in total. The number of unbranched alkanes of at least 4 members (excludes halogenated alkanes) is 16. The second kappa shape index (κ2) is 20.4. The van der Waals surface area contributed by atoms with Crippen LogP contribution in [0, 0.1) is 13.8 Å². The maximum atomic E-state index is 5.33. The third-order valence-corrected chi connectivity index (χ3v) is 18.7. The fourth-order valence-electron chi connectivity index (χ4n) is 12.2. The lowest BCUT2D eigenvalue weighted by molar-refractivity contribution is 0.395. The van der Waals surface area contributed by atoms with Gasteiger partial charge in [-0.3, -0.25) is 0 Å². The Hall–Kier alpha value is -3.04. The monoisotopic (exact) mass is 928 g/mol. The zero-order valence-corrected chi connectivity index (χ0v) is 43.1. The van der Waals surface area contributed by atoms with Gasteiger partial charge < -0.3 is 0 Å². The van der Waals surface area contributed by atoms with Gasteiger partial charge in [-0.2, -0.15) is 17.5 Å². The molecule has 64 heavy (non-hydrogen) atoms. The summed E-state index contributed by atoms with van der Waals surface area (Å²) < 4.78 is 23.5. The number of hydrogen-bond donors (Lipinski definition) is 0. The quantitative estimate of drug-likeness (QED) is 0.0536. The van der Waals surface area contributed by atoms with Gasteiger partial charge in [-0.05, 0) is 109 Å². The van der Waals surface area contributed by atoms with E-state index in [1.807, 2.05) is 22.7 Å². The summed E-state index contributed by atoms with van der Waals surface area (Å²) in [4.78, 5) is 2.73. The molecule has 0 radical (unpaired) electrons. The van der Waals surface area contributed by atoms with Gasteiger partial charge in [0.2, 0.25) is 0 Å². The van der Waals surface area contributed by atoms with Crippen molar-refractivity contribution in [3.8, 4) is 32.7 Å². The molecule has 0 unspecified atom stereocenters. The highest BCUT2D eigenvalue weighted by Gasteiger charge is 2.49. The van der Waals surface area contributed by atoms with Crippen molar-refractivity contribution in [2.24, 2.45) is 0 Å². The van der Waals surface area contributed by atoms with Crippen LogP contribution in [0.2, 0.25) is 0 Å². The molecule has 2 aliphatic rings. The predicted molar refractivity (Wildman–Crippen MR) is 282 cm³/mol. The normalized spacial score (nSPS) is 14.6. The minimum atomic E-state index is -0.0915. The van der Waals surface area contributed by atoms with Gasteiger partial charge in [0.05, 0.1) is 23.5 Å². The first-order valence-electron chi connectivity index (χ1n) is 25.6. The minimum Gasteiger partial charge on any atom is -0.173 e. The molecule has 3 aromatic carbocycles. The molecule has 0 bridgehead atoms. The Morgan fingerprint density at radius 2 is 0.797 bits per heavy atom. The Morgan fingerprint density at radius 3 is 1.28 bits per heavy atom. The van der Waals surface area contributed by atoms with E-state index in [9.17, 15) is 0 Å². The smallest absolute Gasteiger partial charge is 0.114 e. The molecular formula is C56H72N4S4. The zero-order chi connectivity index (χ0) is 44.3. The molecule has 0 saturated heterocycles. The Labute approximate surface area is 400 Å². The largest absolute Gasteiger partial charge is 0.173 e. The van der Waals surface area contributed by atoms with Gasteiger partial charge in [-0.1, -0.05) is 162 Å². The van der Waals surface area contributed by atoms with Crippen LogP contribution in [0.1, 0.15) is 214 Å². The van der Waals surface area contributed by atoms with E-state index in [4.69, 9.17) is 17.5 Å². The number of rotatable bonds is 25. The number of aromatic nitrogens is 4. The highest BCUT2D eigenvalue weighted by molar-refractivity contribution is 7.29. The summed E-state index contributed by atoms with van der Waals surface area (Å²) in [6, 6.07) is 15.6. The van der Waals surface area contributed by atoms with Crippen molar-refractivity contribution in [3.05, 3.63) is 69.1 Å². The van der Waals surface area contributed by atoms with E-state index in [0.717, 1.165) is 22.1 Å². The molecule has 8 heteroatoms. The van der Waals surface area contributed by atoms with Crippen molar-refractivity contribution in [1.82, 2.24) is 17.5 Å². The second-order valence-corrected chi connectivity index (χ2v) is 23.3. The summed E-state index contributed by atoms with van der Waals surface area (Å²) in [5, 5.41) is 0. The van der Waals surface area contributed by atoms with Gasteiger partial charge in [-0.15, -0.1) is 22.7 Å². The molecular weight excluding hydrogens is 857 g/mol. The van der Waals surface area contributed by atoms with Crippen molar-refractivity contribution in [3.63, 3.8) is 0 Å². The molecule has 0 saturated carbocycles. The van der Waals surface area contributed by atoms with E-state index in [1.54, 1.807) is 16.7 Å². The van der Waals surface area contributed by atoms with Crippen LogP contribution >= 0.6 is 46.1 Å². The van der Waals surface area contributed by atoms with Crippen LogP contribution in [0.4, 0.5) is 0 Å². The lowest BCUT2D eigenvalue weighted by atomic mass is 9.68. The molecule has 2 aliphatic carbocycles. The number of benzene rings is 3. The van der Waals surface area contributed by atoms with Crippen LogP contribution in [-0.2, 0) is 10.8 Å². The standard InChI is InChI=1S/C56H72N4S4/c1-7-11-15-19-23-27-55(28-24-20-16-12-8-2)42-34-40-43(33-39(42)49-44(55)31-37(5)51-53(49)59-63-57-51)56(29-25-21-17-13-9-3,30-26-22-18-14-10-4)45-35-41(52-54(50(40)45)60-64-58-52)46-36-48-47(62-46)32-38(6)61-48/h31-36H,7-30H2,1-6H3. The molecule has 4 aromatic heterocycles. The Kier molecular flexibility index (Phi) is 14.7. The molecule has 4 nitrogen and oxygen atoms in total. The maximum Gasteiger partial charge on any atom is 0.114 e. The lowest BCUT2D eigenvalue weighted by Crippen LogP contribution is -2.27. The first-order chi connectivity index (χ1) is 31.4. The summed E-state index contributed by atoms with van der Waals surface area (Å²) in [6.45, 7) is 13.9. The summed E-state index contributed by atoms with van der Waals surface area (Å²) >= 11 is 6.68. The van der Waals surface area contributed by atoms with E-state index in [-0.39, 0.29) is 10.8 Å². The molecule has 0 spiro atoms. The number of nitrogens with zero attached hydrogens (tertiary/aromatic N) is 4. The van der Waals surface area contributed by atoms with Gasteiger partial charge in [-0.25, -0.2) is 0 Å². The van der Waals surface area contributed by atoms with Gasteiger partial charge in [0, 0.05) is 46.7 Å². The van der Waals surface area contributed by atoms with E-state index < -0.39 is 0 Å². The first-order valence-corrected chi connectivity index (χ1v) is 28.7. The molecule has 0 aliphatic heterocycles. The summed E-state index contributed by atoms with van der Waals surface area (Å²) in [7, 11) is 0. The summed E-state index contributed by atoms with van der Waals surface area (Å²) in [5.74, 6) is 0. The summed E-state index contributed by atoms with van der Waals surface area (Å²) in [6.07, 6.45) is 30.6. The van der Waals surface area contributed by atoms with Gasteiger partial charge in [0.1, 0.15) is 22.1 Å². The fraction of sp³-hybridized carbons (Fsp3) is 0.571. The van der Waals surface area contributed by atoms with Crippen LogP contribution in [0.15, 0.2) is 36.4 Å². The fourth-order valence-corrected chi connectivity index (χ4v) is 15.7. The molecule has 0 amide bonds.